The molecule has 92 valence electrons. The highest BCUT2D eigenvalue weighted by Crippen LogP contribution is 2.09. The van der Waals surface area contributed by atoms with E-state index in [1.807, 2.05) is 6.92 Å². The molecule has 4 nitrogen and oxygen atoms in total. The highest BCUT2D eigenvalue weighted by atomic mass is 32.2. The van der Waals surface area contributed by atoms with E-state index in [2.05, 4.69) is 6.92 Å². The van der Waals surface area contributed by atoms with Crippen LogP contribution < -0.4 is 5.14 Å². The van der Waals surface area contributed by atoms with Crippen LogP contribution in [-0.4, -0.2) is 27.4 Å². The van der Waals surface area contributed by atoms with E-state index < -0.39 is 10.0 Å². The summed E-state index contributed by atoms with van der Waals surface area (Å²) in [4.78, 5) is 0. The van der Waals surface area contributed by atoms with Crippen molar-refractivity contribution in [2.24, 2.45) is 11.1 Å². The zero-order chi connectivity index (χ0) is 11.7. The van der Waals surface area contributed by atoms with Crippen molar-refractivity contribution >= 4 is 10.0 Å². The summed E-state index contributed by atoms with van der Waals surface area (Å²) >= 11 is 0. The van der Waals surface area contributed by atoms with Crippen LogP contribution in [0.15, 0.2) is 0 Å². The van der Waals surface area contributed by atoms with Crippen LogP contribution in [0.4, 0.5) is 0 Å². The molecule has 15 heavy (non-hydrogen) atoms. The number of sulfonamides is 1. The fourth-order valence-electron chi connectivity index (χ4n) is 1.45. The van der Waals surface area contributed by atoms with Gasteiger partial charge in [-0.25, -0.2) is 13.6 Å². The lowest BCUT2D eigenvalue weighted by Crippen LogP contribution is -2.26. The summed E-state index contributed by atoms with van der Waals surface area (Å²) < 4.78 is 27.3. The predicted octanol–water partition coefficient (Wildman–Crippen LogP) is 1.51. The molecule has 0 saturated heterocycles. The third-order valence-corrected chi connectivity index (χ3v) is 3.10. The quantitative estimate of drug-likeness (QED) is 0.618. The van der Waals surface area contributed by atoms with Crippen molar-refractivity contribution < 1.29 is 13.2 Å². The molecule has 1 atom stereocenters. The molecule has 0 aliphatic heterocycles. The molecule has 0 saturated carbocycles. The van der Waals surface area contributed by atoms with Crippen LogP contribution in [0.2, 0.25) is 0 Å². The molecule has 0 aromatic carbocycles. The SMILES string of the molecule is CCCCOCC(CCC)CS(N)(=O)=O. The van der Waals surface area contributed by atoms with Crippen molar-refractivity contribution in [2.75, 3.05) is 19.0 Å². The number of hydrogen-bond acceptors (Lipinski definition) is 3. The first-order valence-corrected chi connectivity index (χ1v) is 7.29. The maximum Gasteiger partial charge on any atom is 0.209 e. The van der Waals surface area contributed by atoms with Crippen LogP contribution in [0, 0.1) is 5.92 Å². The summed E-state index contributed by atoms with van der Waals surface area (Å²) in [6.45, 7) is 5.34. The highest BCUT2D eigenvalue weighted by molar-refractivity contribution is 7.89. The average Bonchev–Trinajstić information content (AvgIpc) is 2.10. The Morgan fingerprint density at radius 1 is 1.27 bits per heavy atom. The number of primary sulfonamides is 1. The lowest BCUT2D eigenvalue weighted by molar-refractivity contribution is 0.100. The van der Waals surface area contributed by atoms with Crippen LogP contribution in [0.1, 0.15) is 39.5 Å². The Hall–Kier alpha value is -0.130. The first kappa shape index (κ1) is 14.9. The maximum atomic E-state index is 10.9. The molecule has 0 rings (SSSR count). The molecule has 0 spiro atoms. The van der Waals surface area contributed by atoms with Crippen LogP contribution in [0.3, 0.4) is 0 Å². The van der Waals surface area contributed by atoms with E-state index in [0.29, 0.717) is 13.2 Å². The molecule has 0 amide bonds. The van der Waals surface area contributed by atoms with Crippen LogP contribution >= 0.6 is 0 Å². The zero-order valence-corrected chi connectivity index (χ0v) is 10.6. The van der Waals surface area contributed by atoms with E-state index in [-0.39, 0.29) is 11.7 Å². The molecule has 0 fully saturated rings. The molecule has 0 aliphatic rings. The number of ether oxygens (including phenoxy) is 1. The largest absolute Gasteiger partial charge is 0.381 e. The molecule has 0 aromatic heterocycles. The number of rotatable bonds is 9. The van der Waals surface area contributed by atoms with Gasteiger partial charge in [0.2, 0.25) is 10.0 Å². The van der Waals surface area contributed by atoms with Gasteiger partial charge < -0.3 is 4.74 Å². The third kappa shape index (κ3) is 10.2. The predicted molar refractivity (Wildman–Crippen MR) is 62.1 cm³/mol. The number of hydrogen-bond donors (Lipinski definition) is 1. The van der Waals surface area contributed by atoms with Crippen molar-refractivity contribution in [3.63, 3.8) is 0 Å². The summed E-state index contributed by atoms with van der Waals surface area (Å²) in [6.07, 6.45) is 3.92. The van der Waals surface area contributed by atoms with Gasteiger partial charge in [0.25, 0.3) is 0 Å². The van der Waals surface area contributed by atoms with Gasteiger partial charge in [0.05, 0.1) is 12.4 Å². The Bertz CT molecular complexity index is 239. The van der Waals surface area contributed by atoms with E-state index in [1.165, 1.54) is 0 Å². The topological polar surface area (TPSA) is 69.4 Å². The van der Waals surface area contributed by atoms with E-state index >= 15 is 0 Å². The van der Waals surface area contributed by atoms with E-state index in [9.17, 15) is 8.42 Å². The Labute approximate surface area is 93.2 Å². The van der Waals surface area contributed by atoms with Gasteiger partial charge in [-0.2, -0.15) is 0 Å². The van der Waals surface area contributed by atoms with Crippen molar-refractivity contribution in [3.8, 4) is 0 Å². The first-order valence-electron chi connectivity index (χ1n) is 5.57. The second-order valence-corrected chi connectivity index (χ2v) is 5.57. The molecule has 0 radical (unpaired) electrons. The van der Waals surface area contributed by atoms with Gasteiger partial charge in [-0.05, 0) is 18.8 Å². The van der Waals surface area contributed by atoms with Gasteiger partial charge in [0, 0.05) is 6.61 Å². The second-order valence-electron chi connectivity index (χ2n) is 3.91. The average molecular weight is 237 g/mol. The van der Waals surface area contributed by atoms with E-state index in [1.54, 1.807) is 0 Å². The normalized spacial score (nSPS) is 14.1. The molecule has 0 bridgehead atoms. The molecule has 0 heterocycles. The Morgan fingerprint density at radius 2 is 1.93 bits per heavy atom. The summed E-state index contributed by atoms with van der Waals surface area (Å²) in [7, 11) is -3.37. The molecule has 2 N–H and O–H groups in total. The third-order valence-electron chi connectivity index (χ3n) is 2.16. The Kier molecular flexibility index (Phi) is 8.00. The fraction of sp³-hybridized carbons (Fsp3) is 1.00. The monoisotopic (exact) mass is 237 g/mol. The van der Waals surface area contributed by atoms with Gasteiger partial charge >= 0.3 is 0 Å². The van der Waals surface area contributed by atoms with Crippen LogP contribution in [0.5, 0.6) is 0 Å². The number of unbranched alkanes of at least 4 members (excludes halogenated alkanes) is 1. The molecule has 0 aromatic rings. The Morgan fingerprint density at radius 3 is 2.40 bits per heavy atom. The highest BCUT2D eigenvalue weighted by Gasteiger charge is 2.15. The molecule has 0 aliphatic carbocycles. The fourth-order valence-corrected chi connectivity index (χ4v) is 2.37. The van der Waals surface area contributed by atoms with Crippen molar-refractivity contribution in [1.29, 1.82) is 0 Å². The van der Waals surface area contributed by atoms with E-state index in [0.717, 1.165) is 25.7 Å². The summed E-state index contributed by atoms with van der Waals surface area (Å²) in [6, 6.07) is 0. The lowest BCUT2D eigenvalue weighted by Gasteiger charge is -2.14. The van der Waals surface area contributed by atoms with Crippen molar-refractivity contribution in [1.82, 2.24) is 0 Å². The Balaban J connectivity index is 3.83. The molecule has 5 heteroatoms. The maximum absolute atomic E-state index is 10.9. The van der Waals surface area contributed by atoms with Crippen LogP contribution in [0.25, 0.3) is 0 Å². The van der Waals surface area contributed by atoms with E-state index in [4.69, 9.17) is 9.88 Å². The van der Waals surface area contributed by atoms with Gasteiger partial charge in [-0.1, -0.05) is 26.7 Å². The standard InChI is InChI=1S/C10H23NO3S/c1-3-5-7-14-8-10(6-4-2)9-15(11,12)13/h10H,3-9H2,1-2H3,(H2,11,12,13). The van der Waals surface area contributed by atoms with Crippen LogP contribution in [-0.2, 0) is 14.8 Å². The second kappa shape index (κ2) is 8.07. The summed E-state index contributed by atoms with van der Waals surface area (Å²) in [5, 5.41) is 5.01. The van der Waals surface area contributed by atoms with Crippen molar-refractivity contribution in [3.05, 3.63) is 0 Å². The smallest absolute Gasteiger partial charge is 0.209 e. The minimum Gasteiger partial charge on any atom is -0.381 e. The summed E-state index contributed by atoms with van der Waals surface area (Å²) in [5.41, 5.74) is 0. The lowest BCUT2D eigenvalue weighted by atomic mass is 10.1. The number of nitrogens with two attached hydrogens (primary N) is 1. The van der Waals surface area contributed by atoms with Gasteiger partial charge in [-0.15, -0.1) is 0 Å². The first-order chi connectivity index (χ1) is 6.99. The summed E-state index contributed by atoms with van der Waals surface area (Å²) in [5.74, 6) is 0.0781. The minimum atomic E-state index is -3.37. The van der Waals surface area contributed by atoms with Gasteiger partial charge in [0.15, 0.2) is 0 Å². The molecular formula is C10H23NO3S. The zero-order valence-electron chi connectivity index (χ0n) is 9.74. The van der Waals surface area contributed by atoms with Gasteiger partial charge in [-0.3, -0.25) is 0 Å². The minimum absolute atomic E-state index is 0.0347. The van der Waals surface area contributed by atoms with Gasteiger partial charge in [0.1, 0.15) is 0 Å². The molecular weight excluding hydrogens is 214 g/mol. The molecule has 1 unspecified atom stereocenters. The van der Waals surface area contributed by atoms with Crippen molar-refractivity contribution in [2.45, 2.75) is 39.5 Å².